The third-order valence-corrected chi connectivity index (χ3v) is 2.66. The van der Waals surface area contributed by atoms with Crippen LogP contribution >= 0.6 is 15.9 Å². The van der Waals surface area contributed by atoms with E-state index in [9.17, 15) is 0 Å². The van der Waals surface area contributed by atoms with Crippen molar-refractivity contribution in [3.63, 3.8) is 0 Å². The van der Waals surface area contributed by atoms with Crippen molar-refractivity contribution in [2.45, 2.75) is 25.9 Å². The first kappa shape index (κ1) is 10.8. The molecule has 0 aliphatic rings. The standard InChI is InChI=1S/C9H14BrNO2/c1-2-7(6-12)11-5-9-8(10)3-4-13-9/h3-4,7,11-12H,2,5-6H2,1H3/t7-/m1/s1. The van der Waals surface area contributed by atoms with Crippen molar-refractivity contribution in [3.8, 4) is 0 Å². The number of aliphatic hydroxyl groups excluding tert-OH is 1. The molecule has 1 aromatic rings. The summed E-state index contributed by atoms with van der Waals surface area (Å²) in [5.41, 5.74) is 0. The van der Waals surface area contributed by atoms with Crippen LogP contribution in [-0.2, 0) is 6.54 Å². The number of nitrogens with one attached hydrogen (secondary N) is 1. The van der Waals surface area contributed by atoms with E-state index in [2.05, 4.69) is 21.2 Å². The molecule has 0 saturated heterocycles. The maximum absolute atomic E-state index is 8.92. The van der Waals surface area contributed by atoms with E-state index in [4.69, 9.17) is 9.52 Å². The molecule has 0 saturated carbocycles. The Hall–Kier alpha value is -0.320. The van der Waals surface area contributed by atoms with Crippen LogP contribution in [0, 0.1) is 0 Å². The Morgan fingerprint density at radius 1 is 1.69 bits per heavy atom. The van der Waals surface area contributed by atoms with Crippen LogP contribution in [0.15, 0.2) is 21.2 Å². The van der Waals surface area contributed by atoms with E-state index in [0.29, 0.717) is 6.54 Å². The first-order valence-electron chi connectivity index (χ1n) is 4.34. The van der Waals surface area contributed by atoms with Crippen LogP contribution in [0.2, 0.25) is 0 Å². The monoisotopic (exact) mass is 247 g/mol. The quantitative estimate of drug-likeness (QED) is 0.836. The zero-order valence-electron chi connectivity index (χ0n) is 7.59. The lowest BCUT2D eigenvalue weighted by Crippen LogP contribution is -2.31. The first-order chi connectivity index (χ1) is 6.27. The van der Waals surface area contributed by atoms with Gasteiger partial charge in [-0.15, -0.1) is 0 Å². The fourth-order valence-corrected chi connectivity index (χ4v) is 1.37. The van der Waals surface area contributed by atoms with Gasteiger partial charge in [-0.25, -0.2) is 0 Å². The van der Waals surface area contributed by atoms with Gasteiger partial charge in [-0.1, -0.05) is 6.92 Å². The van der Waals surface area contributed by atoms with Gasteiger partial charge in [0.15, 0.2) is 0 Å². The lowest BCUT2D eigenvalue weighted by Gasteiger charge is -2.12. The summed E-state index contributed by atoms with van der Waals surface area (Å²) in [4.78, 5) is 0. The van der Waals surface area contributed by atoms with Gasteiger partial charge in [0.2, 0.25) is 0 Å². The minimum absolute atomic E-state index is 0.150. The molecule has 0 fully saturated rings. The van der Waals surface area contributed by atoms with Gasteiger partial charge < -0.3 is 14.8 Å². The second-order valence-corrected chi connectivity index (χ2v) is 3.71. The van der Waals surface area contributed by atoms with E-state index < -0.39 is 0 Å². The fraction of sp³-hybridized carbons (Fsp3) is 0.556. The van der Waals surface area contributed by atoms with Gasteiger partial charge in [0, 0.05) is 6.04 Å². The van der Waals surface area contributed by atoms with Crippen LogP contribution in [0.4, 0.5) is 0 Å². The summed E-state index contributed by atoms with van der Waals surface area (Å²) in [5, 5.41) is 12.1. The molecule has 2 N–H and O–H groups in total. The number of hydrogen-bond acceptors (Lipinski definition) is 3. The van der Waals surface area contributed by atoms with Gasteiger partial charge in [0.1, 0.15) is 5.76 Å². The van der Waals surface area contributed by atoms with Crippen molar-refractivity contribution in [1.82, 2.24) is 5.32 Å². The maximum atomic E-state index is 8.92. The van der Waals surface area contributed by atoms with Crippen LogP contribution in [-0.4, -0.2) is 17.8 Å². The van der Waals surface area contributed by atoms with Crippen LogP contribution in [0.25, 0.3) is 0 Å². The van der Waals surface area contributed by atoms with E-state index >= 15 is 0 Å². The molecule has 1 heterocycles. The minimum atomic E-state index is 0.150. The molecule has 4 heteroatoms. The zero-order valence-corrected chi connectivity index (χ0v) is 9.17. The van der Waals surface area contributed by atoms with Crippen LogP contribution in [0.3, 0.4) is 0 Å². The van der Waals surface area contributed by atoms with Crippen molar-refractivity contribution >= 4 is 15.9 Å². The molecule has 13 heavy (non-hydrogen) atoms. The Labute approximate surface area is 86.3 Å². The summed E-state index contributed by atoms with van der Waals surface area (Å²) < 4.78 is 6.18. The van der Waals surface area contributed by atoms with Gasteiger partial charge in [0.05, 0.1) is 23.9 Å². The fourth-order valence-electron chi connectivity index (χ4n) is 1.03. The zero-order chi connectivity index (χ0) is 9.68. The Kier molecular flexibility index (Phi) is 4.48. The van der Waals surface area contributed by atoms with Crippen molar-refractivity contribution in [3.05, 3.63) is 22.6 Å². The number of halogens is 1. The molecule has 3 nitrogen and oxygen atoms in total. The average Bonchev–Trinajstić information content (AvgIpc) is 2.54. The van der Waals surface area contributed by atoms with Crippen molar-refractivity contribution in [1.29, 1.82) is 0 Å². The Balaban J connectivity index is 2.38. The molecular weight excluding hydrogens is 234 g/mol. The lowest BCUT2D eigenvalue weighted by atomic mass is 10.2. The third kappa shape index (κ3) is 3.14. The second kappa shape index (κ2) is 5.42. The normalized spacial score (nSPS) is 13.2. The smallest absolute Gasteiger partial charge is 0.131 e. The molecule has 1 aromatic heterocycles. The first-order valence-corrected chi connectivity index (χ1v) is 5.13. The average molecular weight is 248 g/mol. The van der Waals surface area contributed by atoms with Gasteiger partial charge >= 0.3 is 0 Å². The molecule has 0 aliphatic heterocycles. The largest absolute Gasteiger partial charge is 0.467 e. The molecule has 0 unspecified atom stereocenters. The highest BCUT2D eigenvalue weighted by molar-refractivity contribution is 9.10. The SMILES string of the molecule is CC[C@H](CO)NCc1occc1Br. The predicted molar refractivity (Wildman–Crippen MR) is 54.4 cm³/mol. The summed E-state index contributed by atoms with van der Waals surface area (Å²) in [5.74, 6) is 0.868. The Morgan fingerprint density at radius 3 is 2.92 bits per heavy atom. The summed E-state index contributed by atoms with van der Waals surface area (Å²) in [7, 11) is 0. The number of aliphatic hydroxyl groups is 1. The van der Waals surface area contributed by atoms with Crippen LogP contribution in [0.1, 0.15) is 19.1 Å². The number of hydrogen-bond donors (Lipinski definition) is 2. The topological polar surface area (TPSA) is 45.4 Å². The summed E-state index contributed by atoms with van der Waals surface area (Å²) >= 11 is 3.36. The highest BCUT2D eigenvalue weighted by Crippen LogP contribution is 2.17. The highest BCUT2D eigenvalue weighted by Gasteiger charge is 2.07. The van der Waals surface area contributed by atoms with Crippen molar-refractivity contribution in [2.24, 2.45) is 0 Å². The van der Waals surface area contributed by atoms with Crippen LogP contribution < -0.4 is 5.32 Å². The predicted octanol–water partition coefficient (Wildman–Crippen LogP) is 1.90. The summed E-state index contributed by atoms with van der Waals surface area (Å²) in [6.07, 6.45) is 2.55. The highest BCUT2D eigenvalue weighted by atomic mass is 79.9. The summed E-state index contributed by atoms with van der Waals surface area (Å²) in [6.45, 7) is 2.84. The number of furan rings is 1. The van der Waals surface area contributed by atoms with Gasteiger partial charge in [0.25, 0.3) is 0 Å². The Bertz CT molecular complexity index is 246. The maximum Gasteiger partial charge on any atom is 0.131 e. The number of rotatable bonds is 5. The van der Waals surface area contributed by atoms with E-state index in [0.717, 1.165) is 16.7 Å². The lowest BCUT2D eigenvalue weighted by molar-refractivity contribution is 0.235. The van der Waals surface area contributed by atoms with Gasteiger partial charge in [-0.3, -0.25) is 0 Å². The molecule has 0 amide bonds. The van der Waals surface area contributed by atoms with Crippen LogP contribution in [0.5, 0.6) is 0 Å². The molecule has 1 rings (SSSR count). The molecule has 0 aromatic carbocycles. The van der Waals surface area contributed by atoms with E-state index in [1.54, 1.807) is 6.26 Å². The molecular formula is C9H14BrNO2. The molecule has 0 spiro atoms. The third-order valence-electron chi connectivity index (χ3n) is 1.96. The Morgan fingerprint density at radius 2 is 2.46 bits per heavy atom. The molecule has 0 bridgehead atoms. The van der Waals surface area contributed by atoms with Gasteiger partial charge in [-0.2, -0.15) is 0 Å². The molecule has 0 radical (unpaired) electrons. The summed E-state index contributed by atoms with van der Waals surface area (Å²) in [6, 6.07) is 2.01. The second-order valence-electron chi connectivity index (χ2n) is 2.86. The molecule has 74 valence electrons. The molecule has 0 aliphatic carbocycles. The van der Waals surface area contributed by atoms with E-state index in [1.807, 2.05) is 13.0 Å². The molecule has 1 atom stereocenters. The minimum Gasteiger partial charge on any atom is -0.467 e. The van der Waals surface area contributed by atoms with E-state index in [-0.39, 0.29) is 12.6 Å². The van der Waals surface area contributed by atoms with Crippen molar-refractivity contribution in [2.75, 3.05) is 6.61 Å². The van der Waals surface area contributed by atoms with Gasteiger partial charge in [-0.05, 0) is 28.4 Å². The van der Waals surface area contributed by atoms with E-state index in [1.165, 1.54) is 0 Å². The van der Waals surface area contributed by atoms with Crippen molar-refractivity contribution < 1.29 is 9.52 Å².